The minimum absolute atomic E-state index is 0.431. The lowest BCUT2D eigenvalue weighted by Gasteiger charge is -2.34. The summed E-state index contributed by atoms with van der Waals surface area (Å²) in [6.45, 7) is 3.21. The molecule has 132 valence electrons. The monoisotopic (exact) mass is 357 g/mol. The van der Waals surface area contributed by atoms with Crippen LogP contribution < -0.4 is 20.3 Å². The summed E-state index contributed by atoms with van der Waals surface area (Å²) < 4.78 is 5.92. The smallest absolute Gasteiger partial charge is 0.234 e. The van der Waals surface area contributed by atoms with E-state index in [9.17, 15) is 0 Å². The van der Waals surface area contributed by atoms with Crippen LogP contribution in [-0.2, 0) is 0 Å². The molecule has 3 rings (SSSR count). The van der Waals surface area contributed by atoms with E-state index in [-0.39, 0.29) is 0 Å². The molecule has 0 unspecified atom stereocenters. The molecule has 0 radical (unpaired) electrons. The van der Waals surface area contributed by atoms with Gasteiger partial charge in [0.1, 0.15) is 11.6 Å². The fraction of sp³-hybridized carbons (Fsp3) is 0.389. The first-order valence-electron chi connectivity index (χ1n) is 8.53. The third-order valence-corrected chi connectivity index (χ3v) is 4.51. The van der Waals surface area contributed by atoms with Crippen molar-refractivity contribution in [3.8, 4) is 11.6 Å². The fourth-order valence-corrected chi connectivity index (χ4v) is 2.97. The maximum atomic E-state index is 5.92. The van der Waals surface area contributed by atoms with Gasteiger partial charge < -0.3 is 20.3 Å². The van der Waals surface area contributed by atoms with Gasteiger partial charge in [0.15, 0.2) is 5.11 Å². The lowest BCUT2D eigenvalue weighted by atomic mass is 10.0. The number of thiocarbonyl (C=S) groups is 1. The van der Waals surface area contributed by atoms with Gasteiger partial charge in [-0.1, -0.05) is 18.2 Å². The molecule has 1 fully saturated rings. The van der Waals surface area contributed by atoms with E-state index in [4.69, 9.17) is 17.0 Å². The molecule has 2 heterocycles. The van der Waals surface area contributed by atoms with Gasteiger partial charge >= 0.3 is 0 Å². The predicted octanol–water partition coefficient (Wildman–Crippen LogP) is 3.56. The summed E-state index contributed by atoms with van der Waals surface area (Å²) >= 11 is 5.18. The van der Waals surface area contributed by atoms with Crippen molar-refractivity contribution >= 4 is 29.1 Å². The summed E-state index contributed by atoms with van der Waals surface area (Å²) in [5.41, 5.74) is 0. The Bertz CT molecular complexity index is 725. The predicted molar refractivity (Wildman–Crippen MR) is 104 cm³/mol. The minimum Gasteiger partial charge on any atom is -0.439 e. The summed E-state index contributed by atoms with van der Waals surface area (Å²) in [4.78, 5) is 11.4. The van der Waals surface area contributed by atoms with Crippen LogP contribution in [0.3, 0.4) is 0 Å². The van der Waals surface area contributed by atoms with Crippen LogP contribution in [0.4, 0.5) is 11.8 Å². The van der Waals surface area contributed by atoms with E-state index in [0.29, 0.717) is 23.0 Å². The van der Waals surface area contributed by atoms with Gasteiger partial charge in [-0.15, -0.1) is 0 Å². The Morgan fingerprint density at radius 1 is 1.24 bits per heavy atom. The number of nitrogens with zero attached hydrogens (tertiary/aromatic N) is 3. The Balaban J connectivity index is 1.91. The lowest BCUT2D eigenvalue weighted by Crippen LogP contribution is -2.38. The zero-order valence-corrected chi connectivity index (χ0v) is 15.3. The number of anilines is 2. The number of hydrogen-bond donors (Lipinski definition) is 2. The molecule has 0 saturated carbocycles. The molecule has 0 bridgehead atoms. The van der Waals surface area contributed by atoms with Crippen molar-refractivity contribution in [3.05, 3.63) is 36.4 Å². The number of piperidine rings is 1. The highest BCUT2D eigenvalue weighted by Gasteiger charge is 2.21. The second kappa shape index (κ2) is 8.11. The Hall–Kier alpha value is -2.41. The summed E-state index contributed by atoms with van der Waals surface area (Å²) in [7, 11) is 1.76. The Kier molecular flexibility index (Phi) is 5.65. The van der Waals surface area contributed by atoms with Crippen molar-refractivity contribution in [2.45, 2.75) is 32.2 Å². The Labute approximate surface area is 153 Å². The third kappa shape index (κ3) is 4.57. The topological polar surface area (TPSA) is 62.3 Å². The highest BCUT2D eigenvalue weighted by Crippen LogP contribution is 2.28. The van der Waals surface area contributed by atoms with Gasteiger partial charge in [0.25, 0.3) is 0 Å². The first kappa shape index (κ1) is 17.4. The first-order chi connectivity index (χ1) is 12.2. The van der Waals surface area contributed by atoms with Crippen LogP contribution in [0.25, 0.3) is 0 Å². The summed E-state index contributed by atoms with van der Waals surface area (Å²) in [5.74, 6) is 2.52. The average Bonchev–Trinajstić information content (AvgIpc) is 2.62. The second-order valence-electron chi connectivity index (χ2n) is 6.05. The van der Waals surface area contributed by atoms with Crippen LogP contribution in [0, 0.1) is 0 Å². The Morgan fingerprint density at radius 2 is 2.04 bits per heavy atom. The molecule has 0 spiro atoms. The lowest BCUT2D eigenvalue weighted by molar-refractivity contribution is 0.457. The zero-order chi connectivity index (χ0) is 17.6. The molecule has 1 aromatic carbocycles. The summed E-state index contributed by atoms with van der Waals surface area (Å²) in [6, 6.07) is 11.9. The standard InChI is InChI=1S/C18H23N5OS/c1-13-8-6-7-11-23(13)15-12-16(24-14-9-4-3-5-10-14)21-17(20-15)22-18(25)19-2/h3-5,9-10,12-13H,6-8,11H2,1-2H3,(H2,19,20,21,22,25)/t13-/m0/s1. The van der Waals surface area contributed by atoms with Gasteiger partial charge in [-0.3, -0.25) is 0 Å². The molecule has 1 saturated heterocycles. The Morgan fingerprint density at radius 3 is 2.76 bits per heavy atom. The van der Waals surface area contributed by atoms with E-state index in [1.165, 1.54) is 12.8 Å². The van der Waals surface area contributed by atoms with Gasteiger partial charge in [0.05, 0.1) is 0 Å². The number of nitrogens with one attached hydrogen (secondary N) is 2. The molecule has 2 aromatic rings. The van der Waals surface area contributed by atoms with Crippen LogP contribution in [0.1, 0.15) is 26.2 Å². The highest BCUT2D eigenvalue weighted by molar-refractivity contribution is 7.80. The maximum absolute atomic E-state index is 5.92. The van der Waals surface area contributed by atoms with Gasteiger partial charge in [-0.05, 0) is 50.5 Å². The van der Waals surface area contributed by atoms with Crippen molar-refractivity contribution in [3.63, 3.8) is 0 Å². The number of hydrogen-bond acceptors (Lipinski definition) is 5. The quantitative estimate of drug-likeness (QED) is 0.811. The van der Waals surface area contributed by atoms with Crippen LogP contribution >= 0.6 is 12.2 Å². The van der Waals surface area contributed by atoms with Crippen LogP contribution in [-0.4, -0.2) is 34.7 Å². The van der Waals surface area contributed by atoms with Crippen molar-refractivity contribution < 1.29 is 4.74 Å². The van der Waals surface area contributed by atoms with E-state index >= 15 is 0 Å². The summed E-state index contributed by atoms with van der Waals surface area (Å²) in [6.07, 6.45) is 3.59. The first-order valence-corrected chi connectivity index (χ1v) is 8.94. The fourth-order valence-electron chi connectivity index (χ4n) is 2.88. The molecule has 0 aliphatic carbocycles. The maximum Gasteiger partial charge on any atom is 0.234 e. The second-order valence-corrected chi connectivity index (χ2v) is 6.45. The van der Waals surface area contributed by atoms with E-state index in [0.717, 1.165) is 24.5 Å². The normalized spacial score (nSPS) is 17.0. The van der Waals surface area contributed by atoms with E-state index in [1.807, 2.05) is 36.4 Å². The van der Waals surface area contributed by atoms with Gasteiger partial charge in [-0.2, -0.15) is 9.97 Å². The molecule has 2 N–H and O–H groups in total. The van der Waals surface area contributed by atoms with Crippen LogP contribution in [0.2, 0.25) is 0 Å². The number of para-hydroxylation sites is 1. The highest BCUT2D eigenvalue weighted by atomic mass is 32.1. The van der Waals surface area contributed by atoms with E-state index < -0.39 is 0 Å². The molecule has 7 heteroatoms. The molecule has 25 heavy (non-hydrogen) atoms. The molecule has 6 nitrogen and oxygen atoms in total. The third-order valence-electron chi connectivity index (χ3n) is 4.20. The molecule has 1 atom stereocenters. The minimum atomic E-state index is 0.431. The molecule has 1 aromatic heterocycles. The van der Waals surface area contributed by atoms with Gasteiger partial charge in [-0.25, -0.2) is 0 Å². The van der Waals surface area contributed by atoms with E-state index in [1.54, 1.807) is 7.05 Å². The number of aromatic nitrogens is 2. The zero-order valence-electron chi connectivity index (χ0n) is 14.5. The van der Waals surface area contributed by atoms with Crippen molar-refractivity contribution in [2.75, 3.05) is 23.8 Å². The molecular weight excluding hydrogens is 334 g/mol. The average molecular weight is 357 g/mol. The molecule has 0 amide bonds. The van der Waals surface area contributed by atoms with Crippen LogP contribution in [0.15, 0.2) is 36.4 Å². The van der Waals surface area contributed by atoms with Crippen molar-refractivity contribution in [1.29, 1.82) is 0 Å². The van der Waals surface area contributed by atoms with Crippen molar-refractivity contribution in [1.82, 2.24) is 15.3 Å². The molecular formula is C18H23N5OS. The van der Waals surface area contributed by atoms with E-state index in [2.05, 4.69) is 32.4 Å². The van der Waals surface area contributed by atoms with Crippen LogP contribution in [0.5, 0.6) is 11.6 Å². The number of benzene rings is 1. The summed E-state index contributed by atoms with van der Waals surface area (Å²) in [5, 5.41) is 6.35. The number of rotatable bonds is 4. The largest absolute Gasteiger partial charge is 0.439 e. The molecule has 1 aliphatic heterocycles. The number of ether oxygens (including phenoxy) is 1. The van der Waals surface area contributed by atoms with Gasteiger partial charge in [0.2, 0.25) is 11.8 Å². The van der Waals surface area contributed by atoms with Crippen molar-refractivity contribution in [2.24, 2.45) is 0 Å². The van der Waals surface area contributed by atoms with Gasteiger partial charge in [0, 0.05) is 25.7 Å². The molecule has 1 aliphatic rings. The SMILES string of the molecule is CNC(=S)Nc1nc(Oc2ccccc2)cc(N2CCCC[C@@H]2C)n1.